The van der Waals surface area contributed by atoms with Crippen LogP contribution >= 0.6 is 0 Å². The lowest BCUT2D eigenvalue weighted by Crippen LogP contribution is -2.36. The molecule has 4 rings (SSSR count). The molecule has 0 bridgehead atoms. The minimum absolute atomic E-state index is 0.180. The van der Waals surface area contributed by atoms with Crippen LogP contribution in [0.4, 0.5) is 11.8 Å². The van der Waals surface area contributed by atoms with Gasteiger partial charge in [0.25, 0.3) is 0 Å². The molecule has 0 spiro atoms. The number of aromatic nitrogens is 4. The number of hydrogen-bond acceptors (Lipinski definition) is 6. The molecule has 0 unspecified atom stereocenters. The van der Waals surface area contributed by atoms with Crippen LogP contribution in [-0.2, 0) is 6.54 Å². The molecule has 3 aromatic rings. The number of fused-ring (bicyclic) bond motifs is 1. The lowest BCUT2D eigenvalue weighted by Gasteiger charge is -2.31. The first-order valence-electron chi connectivity index (χ1n) is 9.08. The van der Waals surface area contributed by atoms with Gasteiger partial charge in [0.1, 0.15) is 5.82 Å². The molecule has 1 saturated heterocycles. The number of likely N-dealkylation sites (N-methyl/N-ethyl adjacent to an activating group) is 1. The van der Waals surface area contributed by atoms with Gasteiger partial charge in [0.2, 0.25) is 5.95 Å². The van der Waals surface area contributed by atoms with Crippen molar-refractivity contribution < 1.29 is 5.11 Å². The zero-order valence-corrected chi connectivity index (χ0v) is 15.0. The predicted octanol–water partition coefficient (Wildman–Crippen LogP) is 1.92. The van der Waals surface area contributed by atoms with E-state index in [9.17, 15) is 5.11 Å². The molecule has 7 nitrogen and oxygen atoms in total. The van der Waals surface area contributed by atoms with Gasteiger partial charge in [-0.3, -0.25) is 0 Å². The average Bonchev–Trinajstić information content (AvgIpc) is 3.10. The van der Waals surface area contributed by atoms with Crippen LogP contribution in [0.1, 0.15) is 12.8 Å². The van der Waals surface area contributed by atoms with E-state index in [0.29, 0.717) is 0 Å². The van der Waals surface area contributed by atoms with Crippen LogP contribution in [0.25, 0.3) is 11.0 Å². The van der Waals surface area contributed by atoms with Crippen LogP contribution in [0.15, 0.2) is 42.9 Å². The Morgan fingerprint density at radius 1 is 1.15 bits per heavy atom. The van der Waals surface area contributed by atoms with Crippen LogP contribution in [0.5, 0.6) is 0 Å². The molecule has 1 aliphatic heterocycles. The van der Waals surface area contributed by atoms with Crippen molar-refractivity contribution in [2.24, 2.45) is 0 Å². The maximum atomic E-state index is 9.68. The van der Waals surface area contributed by atoms with Crippen molar-refractivity contribution in [3.8, 4) is 0 Å². The van der Waals surface area contributed by atoms with E-state index in [0.717, 1.165) is 61.8 Å². The van der Waals surface area contributed by atoms with Gasteiger partial charge in [-0.2, -0.15) is 4.98 Å². The number of hydrogen-bond donors (Lipinski definition) is 1. The van der Waals surface area contributed by atoms with E-state index >= 15 is 0 Å². The monoisotopic (exact) mass is 352 g/mol. The number of nitrogens with zero attached hydrogens (tertiary/aromatic N) is 6. The van der Waals surface area contributed by atoms with E-state index in [1.54, 1.807) is 0 Å². The van der Waals surface area contributed by atoms with E-state index in [1.165, 1.54) is 0 Å². The van der Waals surface area contributed by atoms with Crippen molar-refractivity contribution in [1.29, 1.82) is 0 Å². The normalized spacial score (nSPS) is 15.5. The SMILES string of the molecule is CN(CCn1cnc2ccccc21)c1nccc(N2CCC(O)CC2)n1. The van der Waals surface area contributed by atoms with Crippen LogP contribution in [-0.4, -0.2) is 57.4 Å². The number of aliphatic hydroxyl groups is 1. The lowest BCUT2D eigenvalue weighted by atomic mass is 10.1. The van der Waals surface area contributed by atoms with Gasteiger partial charge in [-0.25, -0.2) is 9.97 Å². The molecule has 26 heavy (non-hydrogen) atoms. The highest BCUT2D eigenvalue weighted by Crippen LogP contribution is 2.19. The highest BCUT2D eigenvalue weighted by Gasteiger charge is 2.19. The summed E-state index contributed by atoms with van der Waals surface area (Å²) in [7, 11) is 2.01. The van der Waals surface area contributed by atoms with Crippen molar-refractivity contribution in [2.75, 3.05) is 36.5 Å². The number of imidazole rings is 1. The van der Waals surface area contributed by atoms with Crippen molar-refractivity contribution in [3.05, 3.63) is 42.9 Å². The summed E-state index contributed by atoms with van der Waals surface area (Å²) in [5.74, 6) is 1.65. The topological polar surface area (TPSA) is 70.3 Å². The first-order valence-corrected chi connectivity index (χ1v) is 9.08. The molecular formula is C19H24N6O. The maximum absolute atomic E-state index is 9.68. The molecule has 0 amide bonds. The van der Waals surface area contributed by atoms with Gasteiger partial charge in [-0.05, 0) is 31.0 Å². The molecule has 1 N–H and O–H groups in total. The Labute approximate surface area is 152 Å². The van der Waals surface area contributed by atoms with Gasteiger partial charge in [0, 0.05) is 39.4 Å². The third kappa shape index (κ3) is 3.48. The Bertz CT molecular complexity index is 871. The Balaban J connectivity index is 1.43. The molecule has 0 aliphatic carbocycles. The number of benzene rings is 1. The van der Waals surface area contributed by atoms with Crippen LogP contribution < -0.4 is 9.80 Å². The number of anilines is 2. The Kier molecular flexibility index (Phi) is 4.71. The molecule has 3 heterocycles. The molecule has 2 aromatic heterocycles. The van der Waals surface area contributed by atoms with Gasteiger partial charge < -0.3 is 19.5 Å². The first-order chi connectivity index (χ1) is 12.7. The van der Waals surface area contributed by atoms with Gasteiger partial charge in [-0.15, -0.1) is 0 Å². The van der Waals surface area contributed by atoms with Crippen LogP contribution in [0.3, 0.4) is 0 Å². The van der Waals surface area contributed by atoms with Gasteiger partial charge in [0.15, 0.2) is 0 Å². The smallest absolute Gasteiger partial charge is 0.227 e. The molecule has 1 fully saturated rings. The number of para-hydroxylation sites is 2. The third-order valence-electron chi connectivity index (χ3n) is 4.96. The summed E-state index contributed by atoms with van der Waals surface area (Å²) in [6, 6.07) is 10.1. The second kappa shape index (κ2) is 7.29. The molecule has 0 radical (unpaired) electrons. The highest BCUT2D eigenvalue weighted by atomic mass is 16.3. The highest BCUT2D eigenvalue weighted by molar-refractivity contribution is 5.74. The summed E-state index contributed by atoms with van der Waals surface area (Å²) in [4.78, 5) is 17.9. The van der Waals surface area contributed by atoms with E-state index < -0.39 is 0 Å². The van der Waals surface area contributed by atoms with Gasteiger partial charge in [0.05, 0.1) is 23.5 Å². The zero-order valence-electron chi connectivity index (χ0n) is 15.0. The van der Waals surface area contributed by atoms with E-state index in [2.05, 4.69) is 30.4 Å². The lowest BCUT2D eigenvalue weighted by molar-refractivity contribution is 0.145. The van der Waals surface area contributed by atoms with Crippen molar-refractivity contribution in [2.45, 2.75) is 25.5 Å². The maximum Gasteiger partial charge on any atom is 0.227 e. The fourth-order valence-electron chi connectivity index (χ4n) is 3.34. The van der Waals surface area contributed by atoms with Crippen molar-refractivity contribution in [3.63, 3.8) is 0 Å². The zero-order chi connectivity index (χ0) is 17.9. The van der Waals surface area contributed by atoms with Gasteiger partial charge >= 0.3 is 0 Å². The summed E-state index contributed by atoms with van der Waals surface area (Å²) in [6.07, 6.45) is 5.10. The third-order valence-corrected chi connectivity index (χ3v) is 4.96. The van der Waals surface area contributed by atoms with E-state index in [1.807, 2.05) is 43.8 Å². The number of rotatable bonds is 5. The Hall–Kier alpha value is -2.67. The van der Waals surface area contributed by atoms with E-state index in [4.69, 9.17) is 4.98 Å². The summed E-state index contributed by atoms with van der Waals surface area (Å²) < 4.78 is 2.15. The quantitative estimate of drug-likeness (QED) is 0.757. The second-order valence-electron chi connectivity index (χ2n) is 6.78. The molecule has 0 saturated carbocycles. The summed E-state index contributed by atoms with van der Waals surface area (Å²) in [6.45, 7) is 3.29. The standard InChI is InChI=1S/C19H24N6O/c1-23(12-13-25-14-21-16-4-2-3-5-17(16)25)19-20-9-6-18(22-19)24-10-7-15(26)8-11-24/h2-6,9,14-15,26H,7-8,10-13H2,1H3. The largest absolute Gasteiger partial charge is 0.393 e. The summed E-state index contributed by atoms with van der Waals surface area (Å²) >= 11 is 0. The van der Waals surface area contributed by atoms with Crippen LogP contribution in [0, 0.1) is 0 Å². The Morgan fingerprint density at radius 2 is 1.96 bits per heavy atom. The molecule has 1 aliphatic rings. The van der Waals surface area contributed by atoms with Crippen LogP contribution in [0.2, 0.25) is 0 Å². The predicted molar refractivity (Wildman–Crippen MR) is 102 cm³/mol. The molecule has 1 aromatic carbocycles. The molecule has 0 atom stereocenters. The molecule has 7 heteroatoms. The summed E-state index contributed by atoms with van der Waals surface area (Å²) in [5, 5.41) is 9.68. The van der Waals surface area contributed by atoms with Gasteiger partial charge in [-0.1, -0.05) is 12.1 Å². The van der Waals surface area contributed by atoms with Crippen molar-refractivity contribution >= 4 is 22.8 Å². The fraction of sp³-hybridized carbons (Fsp3) is 0.421. The minimum atomic E-state index is -0.180. The Morgan fingerprint density at radius 3 is 2.81 bits per heavy atom. The minimum Gasteiger partial charge on any atom is -0.393 e. The van der Waals surface area contributed by atoms with Crippen molar-refractivity contribution in [1.82, 2.24) is 19.5 Å². The fourth-order valence-corrected chi connectivity index (χ4v) is 3.34. The molecule has 136 valence electrons. The second-order valence-corrected chi connectivity index (χ2v) is 6.78. The van der Waals surface area contributed by atoms with E-state index in [-0.39, 0.29) is 6.10 Å². The molecular weight excluding hydrogens is 328 g/mol. The number of piperidine rings is 1. The summed E-state index contributed by atoms with van der Waals surface area (Å²) in [5.41, 5.74) is 2.16. The average molecular weight is 352 g/mol. The number of aliphatic hydroxyl groups excluding tert-OH is 1. The first kappa shape index (κ1) is 16.8.